The molecule has 0 aliphatic rings. The van der Waals surface area contributed by atoms with Gasteiger partial charge in [0.15, 0.2) is 11.5 Å². The largest absolute Gasteiger partial charge is 0.493 e. The number of rotatable bonds is 8. The second-order valence-electron chi connectivity index (χ2n) is 7.96. The van der Waals surface area contributed by atoms with Crippen LogP contribution >= 0.6 is 11.6 Å². The molecule has 10 heteroatoms. The van der Waals surface area contributed by atoms with Crippen molar-refractivity contribution in [3.8, 4) is 23.0 Å². The van der Waals surface area contributed by atoms with Crippen LogP contribution in [0.5, 0.6) is 23.0 Å². The summed E-state index contributed by atoms with van der Waals surface area (Å²) >= 11 is 5.53. The van der Waals surface area contributed by atoms with Gasteiger partial charge in [-0.3, -0.25) is 9.78 Å². The number of halogens is 1. The zero-order chi connectivity index (χ0) is 26.4. The number of fused-ring (bicyclic) bond motifs is 1. The van der Waals surface area contributed by atoms with Crippen molar-refractivity contribution in [3.63, 3.8) is 0 Å². The van der Waals surface area contributed by atoms with Gasteiger partial charge in [0, 0.05) is 40.8 Å². The Bertz CT molecular complexity index is 1460. The molecule has 0 spiro atoms. The monoisotopic (exact) mass is 520 g/mol. The number of anilines is 3. The van der Waals surface area contributed by atoms with Gasteiger partial charge in [0.05, 0.1) is 19.7 Å². The van der Waals surface area contributed by atoms with Crippen LogP contribution < -0.4 is 30.2 Å². The average molecular weight is 521 g/mol. The molecule has 4 aromatic rings. The Balaban J connectivity index is 1.52. The standard InChI is InChI=1S/C27H25ClN4O5/c1-16-7-8-19(32-27(34)31-18-6-4-5-17(11-18)30-26(33)15-28)12-23(16)37-22-9-10-29-21-14-25(36-3)24(35-2)13-20(21)22/h4-14H,15H2,1-3H3,(H,30,33)(H2,31,32,34). The number of ether oxygens (including phenoxy) is 3. The van der Waals surface area contributed by atoms with Crippen molar-refractivity contribution in [2.24, 2.45) is 0 Å². The van der Waals surface area contributed by atoms with E-state index in [-0.39, 0.29) is 11.8 Å². The summed E-state index contributed by atoms with van der Waals surface area (Å²) in [7, 11) is 3.13. The Hall–Kier alpha value is -4.50. The molecule has 37 heavy (non-hydrogen) atoms. The highest BCUT2D eigenvalue weighted by Crippen LogP contribution is 2.38. The van der Waals surface area contributed by atoms with Gasteiger partial charge in [0.1, 0.15) is 17.4 Å². The summed E-state index contributed by atoms with van der Waals surface area (Å²) in [4.78, 5) is 28.5. The molecule has 1 aromatic heterocycles. The molecule has 0 saturated carbocycles. The van der Waals surface area contributed by atoms with Crippen LogP contribution in [0, 0.1) is 6.92 Å². The van der Waals surface area contributed by atoms with E-state index in [0.29, 0.717) is 45.6 Å². The molecule has 0 unspecified atom stereocenters. The van der Waals surface area contributed by atoms with Gasteiger partial charge in [-0.1, -0.05) is 12.1 Å². The lowest BCUT2D eigenvalue weighted by Gasteiger charge is -2.15. The highest BCUT2D eigenvalue weighted by molar-refractivity contribution is 6.29. The lowest BCUT2D eigenvalue weighted by molar-refractivity contribution is -0.113. The molecule has 0 aliphatic heterocycles. The summed E-state index contributed by atoms with van der Waals surface area (Å²) in [5.74, 6) is 1.77. The predicted octanol–water partition coefficient (Wildman–Crippen LogP) is 6.17. The van der Waals surface area contributed by atoms with Crippen LogP contribution in [0.15, 0.2) is 66.9 Å². The third kappa shape index (κ3) is 6.20. The normalized spacial score (nSPS) is 10.5. The van der Waals surface area contributed by atoms with Crippen molar-refractivity contribution >= 4 is 51.5 Å². The molecule has 0 atom stereocenters. The van der Waals surface area contributed by atoms with Gasteiger partial charge >= 0.3 is 6.03 Å². The van der Waals surface area contributed by atoms with E-state index in [9.17, 15) is 9.59 Å². The minimum atomic E-state index is -0.457. The van der Waals surface area contributed by atoms with E-state index in [1.807, 2.05) is 19.1 Å². The van der Waals surface area contributed by atoms with Crippen molar-refractivity contribution in [1.82, 2.24) is 4.98 Å². The van der Waals surface area contributed by atoms with Crippen molar-refractivity contribution in [2.45, 2.75) is 6.92 Å². The molecule has 9 nitrogen and oxygen atoms in total. The molecule has 4 rings (SSSR count). The molecule has 3 aromatic carbocycles. The van der Waals surface area contributed by atoms with E-state index in [0.717, 1.165) is 10.9 Å². The molecule has 3 amide bonds. The lowest BCUT2D eigenvalue weighted by atomic mass is 10.1. The molecule has 0 fully saturated rings. The molecule has 0 bridgehead atoms. The molecule has 0 saturated heterocycles. The van der Waals surface area contributed by atoms with E-state index in [2.05, 4.69) is 20.9 Å². The minimum absolute atomic E-state index is 0.160. The van der Waals surface area contributed by atoms with Crippen LogP contribution in [0.2, 0.25) is 0 Å². The number of nitrogens with zero attached hydrogens (tertiary/aromatic N) is 1. The number of carbonyl (C=O) groups excluding carboxylic acids is 2. The molecule has 3 N–H and O–H groups in total. The second-order valence-corrected chi connectivity index (χ2v) is 8.22. The number of carbonyl (C=O) groups is 2. The smallest absolute Gasteiger partial charge is 0.323 e. The molecular weight excluding hydrogens is 496 g/mol. The van der Waals surface area contributed by atoms with Gasteiger partial charge in [-0.25, -0.2) is 4.79 Å². The second kappa shape index (κ2) is 11.5. The number of alkyl halides is 1. The number of pyridine rings is 1. The first-order valence-electron chi connectivity index (χ1n) is 11.2. The summed E-state index contributed by atoms with van der Waals surface area (Å²) in [5.41, 5.74) is 3.11. The first kappa shape index (κ1) is 25.6. The Labute approximate surface area is 218 Å². The highest BCUT2D eigenvalue weighted by Gasteiger charge is 2.13. The van der Waals surface area contributed by atoms with E-state index in [1.54, 1.807) is 68.9 Å². The fourth-order valence-electron chi connectivity index (χ4n) is 3.61. The number of nitrogens with one attached hydrogen (secondary N) is 3. The Morgan fingerprint density at radius 3 is 2.19 bits per heavy atom. The van der Waals surface area contributed by atoms with E-state index < -0.39 is 6.03 Å². The summed E-state index contributed by atoms with van der Waals surface area (Å²) in [6.45, 7) is 1.91. The van der Waals surface area contributed by atoms with E-state index in [1.165, 1.54) is 0 Å². The topological polar surface area (TPSA) is 111 Å². The van der Waals surface area contributed by atoms with Gasteiger partial charge < -0.3 is 30.2 Å². The fourth-order valence-corrected chi connectivity index (χ4v) is 3.67. The van der Waals surface area contributed by atoms with Crippen LogP contribution in [-0.2, 0) is 4.79 Å². The van der Waals surface area contributed by atoms with Crippen molar-refractivity contribution in [2.75, 3.05) is 36.0 Å². The quantitative estimate of drug-likeness (QED) is 0.239. The number of hydrogen-bond donors (Lipinski definition) is 3. The van der Waals surface area contributed by atoms with Crippen LogP contribution in [0.4, 0.5) is 21.9 Å². The maximum Gasteiger partial charge on any atom is 0.323 e. The van der Waals surface area contributed by atoms with Crippen LogP contribution in [0.1, 0.15) is 5.56 Å². The number of benzene rings is 3. The Morgan fingerprint density at radius 1 is 0.811 bits per heavy atom. The van der Waals surface area contributed by atoms with Crippen LogP contribution in [-0.4, -0.2) is 37.0 Å². The van der Waals surface area contributed by atoms with Gasteiger partial charge in [-0.15, -0.1) is 11.6 Å². The summed E-state index contributed by atoms with van der Waals surface area (Å²) in [5, 5.41) is 8.93. The van der Waals surface area contributed by atoms with Gasteiger partial charge in [-0.05, 0) is 48.9 Å². The van der Waals surface area contributed by atoms with E-state index >= 15 is 0 Å². The van der Waals surface area contributed by atoms with Crippen molar-refractivity contribution in [1.29, 1.82) is 0 Å². The zero-order valence-electron chi connectivity index (χ0n) is 20.4. The van der Waals surface area contributed by atoms with Crippen molar-refractivity contribution < 1.29 is 23.8 Å². The third-order valence-electron chi connectivity index (χ3n) is 5.40. The molecular formula is C27H25ClN4O5. The van der Waals surface area contributed by atoms with Crippen molar-refractivity contribution in [3.05, 3.63) is 72.4 Å². The van der Waals surface area contributed by atoms with Gasteiger partial charge in [0.25, 0.3) is 0 Å². The first-order valence-corrected chi connectivity index (χ1v) is 11.8. The minimum Gasteiger partial charge on any atom is -0.493 e. The summed E-state index contributed by atoms with van der Waals surface area (Å²) in [6.07, 6.45) is 1.65. The lowest BCUT2D eigenvalue weighted by Crippen LogP contribution is -2.19. The number of aromatic nitrogens is 1. The maximum absolute atomic E-state index is 12.6. The number of hydrogen-bond acceptors (Lipinski definition) is 6. The van der Waals surface area contributed by atoms with Crippen LogP contribution in [0.3, 0.4) is 0 Å². The van der Waals surface area contributed by atoms with Gasteiger partial charge in [-0.2, -0.15) is 0 Å². The van der Waals surface area contributed by atoms with Crippen LogP contribution in [0.25, 0.3) is 10.9 Å². The molecule has 190 valence electrons. The average Bonchev–Trinajstić information content (AvgIpc) is 2.90. The highest BCUT2D eigenvalue weighted by atomic mass is 35.5. The molecule has 0 radical (unpaired) electrons. The Kier molecular flexibility index (Phi) is 7.95. The van der Waals surface area contributed by atoms with Gasteiger partial charge in [0.2, 0.25) is 5.91 Å². The zero-order valence-corrected chi connectivity index (χ0v) is 21.2. The van der Waals surface area contributed by atoms with E-state index in [4.69, 9.17) is 25.8 Å². The number of amides is 3. The summed E-state index contributed by atoms with van der Waals surface area (Å²) in [6, 6.07) is 17.0. The first-order chi connectivity index (χ1) is 17.9. The predicted molar refractivity (Wildman–Crippen MR) is 145 cm³/mol. The molecule has 0 aliphatic carbocycles. The number of aryl methyl sites for hydroxylation is 1. The third-order valence-corrected chi connectivity index (χ3v) is 5.64. The maximum atomic E-state index is 12.6. The Morgan fingerprint density at radius 2 is 1.49 bits per heavy atom. The SMILES string of the molecule is COc1cc2nccc(Oc3cc(NC(=O)Nc4cccc(NC(=O)CCl)c4)ccc3C)c2cc1OC. The summed E-state index contributed by atoms with van der Waals surface area (Å²) < 4.78 is 17.0. The number of methoxy groups -OCH3 is 2. The number of urea groups is 1. The molecule has 1 heterocycles. The fraction of sp³-hybridized carbons (Fsp3) is 0.148.